The lowest BCUT2D eigenvalue weighted by molar-refractivity contribution is 0.144. The van der Waals surface area contributed by atoms with E-state index in [1.54, 1.807) is 0 Å². The average molecular weight is 368 g/mol. The van der Waals surface area contributed by atoms with Crippen molar-refractivity contribution in [3.05, 3.63) is 63.6 Å². The fourth-order valence-electron chi connectivity index (χ4n) is 2.28. The summed E-state index contributed by atoms with van der Waals surface area (Å²) < 4.78 is 11.3. The number of benzene rings is 2. The summed E-state index contributed by atoms with van der Waals surface area (Å²) in [6.45, 7) is 5.56. The van der Waals surface area contributed by atoms with E-state index in [1.807, 2.05) is 43.3 Å². The zero-order valence-electron chi connectivity index (χ0n) is 13.9. The highest BCUT2D eigenvalue weighted by molar-refractivity contribution is 6.35. The molecule has 0 bridgehead atoms. The second-order valence-corrected chi connectivity index (χ2v) is 6.14. The van der Waals surface area contributed by atoms with Crippen molar-refractivity contribution >= 4 is 23.2 Å². The SMILES string of the molecule is CCOCCCNCc1ccccc1OCc1c(Cl)cccc1Cl. The normalized spacial score (nSPS) is 10.8. The van der Waals surface area contributed by atoms with Crippen molar-refractivity contribution in [1.82, 2.24) is 5.32 Å². The predicted molar refractivity (Wildman–Crippen MR) is 100 cm³/mol. The first-order chi connectivity index (χ1) is 11.7. The number of halogens is 2. The minimum absolute atomic E-state index is 0.347. The molecule has 0 atom stereocenters. The van der Waals surface area contributed by atoms with E-state index in [1.165, 1.54) is 0 Å². The van der Waals surface area contributed by atoms with Crippen LogP contribution in [0.2, 0.25) is 10.0 Å². The zero-order chi connectivity index (χ0) is 17.2. The third kappa shape index (κ3) is 5.99. The number of rotatable bonds is 10. The summed E-state index contributed by atoms with van der Waals surface area (Å²) in [6.07, 6.45) is 0.992. The van der Waals surface area contributed by atoms with E-state index in [4.69, 9.17) is 32.7 Å². The minimum atomic E-state index is 0.347. The van der Waals surface area contributed by atoms with Gasteiger partial charge >= 0.3 is 0 Å². The van der Waals surface area contributed by atoms with Crippen molar-refractivity contribution in [2.45, 2.75) is 26.5 Å². The topological polar surface area (TPSA) is 30.5 Å². The molecule has 0 saturated heterocycles. The van der Waals surface area contributed by atoms with E-state index < -0.39 is 0 Å². The van der Waals surface area contributed by atoms with Gasteiger partial charge in [0.05, 0.1) is 0 Å². The van der Waals surface area contributed by atoms with Gasteiger partial charge in [-0.2, -0.15) is 0 Å². The maximum absolute atomic E-state index is 6.19. The maximum Gasteiger partial charge on any atom is 0.124 e. The molecule has 0 heterocycles. The van der Waals surface area contributed by atoms with Crippen LogP contribution in [0, 0.1) is 0 Å². The van der Waals surface area contributed by atoms with Gasteiger partial charge in [0.1, 0.15) is 12.4 Å². The summed E-state index contributed by atoms with van der Waals surface area (Å²) in [5.74, 6) is 0.839. The standard InChI is InChI=1S/C19H23Cl2NO2/c1-2-23-12-6-11-22-13-15-7-3-4-10-19(15)24-14-16-17(20)8-5-9-18(16)21/h3-5,7-10,22H,2,6,11-14H2,1H3. The molecule has 0 unspecified atom stereocenters. The van der Waals surface area contributed by atoms with Gasteiger partial charge in [-0.05, 0) is 38.1 Å². The molecule has 0 aromatic heterocycles. The predicted octanol–water partition coefficient (Wildman–Crippen LogP) is 5.09. The van der Waals surface area contributed by atoms with Crippen LogP contribution in [0.15, 0.2) is 42.5 Å². The van der Waals surface area contributed by atoms with Gasteiger partial charge in [0, 0.05) is 40.9 Å². The lowest BCUT2D eigenvalue weighted by Gasteiger charge is -2.13. The largest absolute Gasteiger partial charge is 0.488 e. The average Bonchev–Trinajstić information content (AvgIpc) is 2.58. The van der Waals surface area contributed by atoms with Crippen molar-refractivity contribution in [1.29, 1.82) is 0 Å². The van der Waals surface area contributed by atoms with Crippen LogP contribution < -0.4 is 10.1 Å². The van der Waals surface area contributed by atoms with Crippen molar-refractivity contribution in [2.24, 2.45) is 0 Å². The number of hydrogen-bond acceptors (Lipinski definition) is 3. The van der Waals surface area contributed by atoms with Gasteiger partial charge in [0.15, 0.2) is 0 Å². The molecule has 0 fully saturated rings. The van der Waals surface area contributed by atoms with Crippen LogP contribution in [0.4, 0.5) is 0 Å². The van der Waals surface area contributed by atoms with Gasteiger partial charge in [-0.3, -0.25) is 0 Å². The third-order valence-corrected chi connectivity index (χ3v) is 4.28. The lowest BCUT2D eigenvalue weighted by atomic mass is 10.2. The molecule has 0 aliphatic carbocycles. The van der Waals surface area contributed by atoms with E-state index in [0.717, 1.165) is 49.6 Å². The Balaban J connectivity index is 1.89. The molecule has 0 radical (unpaired) electrons. The van der Waals surface area contributed by atoms with Crippen LogP contribution >= 0.6 is 23.2 Å². The number of ether oxygens (including phenoxy) is 2. The summed E-state index contributed by atoms with van der Waals surface area (Å²) in [6, 6.07) is 13.4. The first-order valence-corrected chi connectivity index (χ1v) is 8.90. The van der Waals surface area contributed by atoms with Crippen LogP contribution in [0.25, 0.3) is 0 Å². The van der Waals surface area contributed by atoms with Crippen molar-refractivity contribution in [3.63, 3.8) is 0 Å². The Morgan fingerprint density at radius 2 is 1.75 bits per heavy atom. The molecule has 24 heavy (non-hydrogen) atoms. The Morgan fingerprint density at radius 1 is 1.00 bits per heavy atom. The number of nitrogens with one attached hydrogen (secondary N) is 1. The molecular weight excluding hydrogens is 345 g/mol. The molecule has 1 N–H and O–H groups in total. The Bertz CT molecular complexity index is 614. The van der Waals surface area contributed by atoms with Crippen molar-refractivity contribution in [2.75, 3.05) is 19.8 Å². The van der Waals surface area contributed by atoms with Crippen LogP contribution in [0.5, 0.6) is 5.75 Å². The zero-order valence-corrected chi connectivity index (χ0v) is 15.4. The molecule has 3 nitrogen and oxygen atoms in total. The van der Waals surface area contributed by atoms with Crippen molar-refractivity contribution < 1.29 is 9.47 Å². The molecule has 0 amide bonds. The quantitative estimate of drug-likeness (QED) is 0.593. The first kappa shape index (κ1) is 19.1. The van der Waals surface area contributed by atoms with Crippen LogP contribution in [-0.2, 0) is 17.9 Å². The second kappa shape index (κ2) is 10.6. The van der Waals surface area contributed by atoms with Gasteiger partial charge in [-0.15, -0.1) is 0 Å². The Hall–Kier alpha value is -1.26. The summed E-state index contributed by atoms with van der Waals surface area (Å²) in [4.78, 5) is 0. The van der Waals surface area contributed by atoms with E-state index in [0.29, 0.717) is 16.7 Å². The van der Waals surface area contributed by atoms with Gasteiger partial charge in [-0.1, -0.05) is 47.5 Å². The van der Waals surface area contributed by atoms with E-state index in [2.05, 4.69) is 11.4 Å². The molecule has 130 valence electrons. The monoisotopic (exact) mass is 367 g/mol. The summed E-state index contributed by atoms with van der Waals surface area (Å²) in [5, 5.41) is 4.65. The first-order valence-electron chi connectivity index (χ1n) is 8.14. The van der Waals surface area contributed by atoms with Gasteiger partial charge in [0.2, 0.25) is 0 Å². The lowest BCUT2D eigenvalue weighted by Crippen LogP contribution is -2.17. The van der Waals surface area contributed by atoms with Gasteiger partial charge in [-0.25, -0.2) is 0 Å². The fraction of sp³-hybridized carbons (Fsp3) is 0.368. The Kier molecular flexibility index (Phi) is 8.40. The summed E-state index contributed by atoms with van der Waals surface area (Å²) in [5.41, 5.74) is 1.91. The second-order valence-electron chi connectivity index (χ2n) is 5.32. The van der Waals surface area contributed by atoms with E-state index in [-0.39, 0.29) is 0 Å². The van der Waals surface area contributed by atoms with Gasteiger partial charge in [0.25, 0.3) is 0 Å². The van der Waals surface area contributed by atoms with Crippen LogP contribution in [-0.4, -0.2) is 19.8 Å². The maximum atomic E-state index is 6.19. The fourth-order valence-corrected chi connectivity index (χ4v) is 2.78. The summed E-state index contributed by atoms with van der Waals surface area (Å²) in [7, 11) is 0. The summed E-state index contributed by atoms with van der Waals surface area (Å²) >= 11 is 12.4. The van der Waals surface area contributed by atoms with E-state index >= 15 is 0 Å². The minimum Gasteiger partial charge on any atom is -0.488 e. The van der Waals surface area contributed by atoms with Crippen LogP contribution in [0.1, 0.15) is 24.5 Å². The molecule has 0 saturated carbocycles. The molecule has 2 aromatic rings. The molecule has 2 rings (SSSR count). The highest BCUT2D eigenvalue weighted by Gasteiger charge is 2.08. The Labute approximate surface area is 153 Å². The molecule has 2 aromatic carbocycles. The van der Waals surface area contributed by atoms with Gasteiger partial charge < -0.3 is 14.8 Å². The molecule has 0 spiro atoms. The van der Waals surface area contributed by atoms with Crippen LogP contribution in [0.3, 0.4) is 0 Å². The smallest absolute Gasteiger partial charge is 0.124 e. The molecule has 0 aliphatic rings. The number of hydrogen-bond donors (Lipinski definition) is 1. The molecule has 0 aliphatic heterocycles. The molecular formula is C19H23Cl2NO2. The highest BCUT2D eigenvalue weighted by Crippen LogP contribution is 2.27. The van der Waals surface area contributed by atoms with Crippen molar-refractivity contribution in [3.8, 4) is 5.75 Å². The third-order valence-electron chi connectivity index (χ3n) is 3.57. The van der Waals surface area contributed by atoms with E-state index in [9.17, 15) is 0 Å². The molecule has 5 heteroatoms. The highest BCUT2D eigenvalue weighted by atomic mass is 35.5. The number of para-hydroxylation sites is 1. The Morgan fingerprint density at radius 3 is 2.50 bits per heavy atom.